The summed E-state index contributed by atoms with van der Waals surface area (Å²) in [7, 11) is 1.57. The van der Waals surface area contributed by atoms with Crippen molar-refractivity contribution in [3.05, 3.63) is 106 Å². The van der Waals surface area contributed by atoms with Crippen molar-refractivity contribution < 1.29 is 32.5 Å². The molecule has 1 aliphatic heterocycles. The van der Waals surface area contributed by atoms with Gasteiger partial charge < -0.3 is 25.2 Å². The number of rotatable bonds is 7. The second-order valence-electron chi connectivity index (χ2n) is 13.0. The molecule has 1 saturated carbocycles. The number of ether oxygens (including phenoxy) is 2. The van der Waals surface area contributed by atoms with Gasteiger partial charge in [0.15, 0.2) is 5.69 Å². The predicted molar refractivity (Wildman–Crippen MR) is 180 cm³/mol. The van der Waals surface area contributed by atoms with Gasteiger partial charge in [-0.15, -0.1) is 0 Å². The molecule has 1 aliphatic carbocycles. The van der Waals surface area contributed by atoms with Crippen LogP contribution in [0.5, 0.6) is 11.6 Å². The third-order valence-electron chi connectivity index (χ3n) is 9.72. The van der Waals surface area contributed by atoms with Crippen LogP contribution in [0.15, 0.2) is 78.1 Å². The molecule has 2 aromatic heterocycles. The summed E-state index contributed by atoms with van der Waals surface area (Å²) in [5.41, 5.74) is 2.42. The number of likely N-dealkylation sites (tertiary alicyclic amines) is 1. The number of aryl methyl sites for hydroxylation is 1. The van der Waals surface area contributed by atoms with Crippen LogP contribution in [0.1, 0.15) is 48.6 Å². The predicted octanol–water partition coefficient (Wildman–Crippen LogP) is 4.47. The van der Waals surface area contributed by atoms with Crippen LogP contribution in [0.25, 0.3) is 0 Å². The lowest BCUT2D eigenvalue weighted by Crippen LogP contribution is -2.64. The number of nitrogens with two attached hydrogens (primary N) is 1. The van der Waals surface area contributed by atoms with Gasteiger partial charge in [-0.1, -0.05) is 42.2 Å². The number of alkyl halides is 2. The molecule has 0 radical (unpaired) electrons. The maximum absolute atomic E-state index is 15.9. The average molecular weight is 703 g/mol. The van der Waals surface area contributed by atoms with Crippen LogP contribution < -0.4 is 16.0 Å². The van der Waals surface area contributed by atoms with Crippen LogP contribution in [-0.4, -0.2) is 72.8 Å². The van der Waals surface area contributed by atoms with Crippen molar-refractivity contribution in [3.63, 3.8) is 0 Å². The van der Waals surface area contributed by atoms with E-state index in [1.54, 1.807) is 26.4 Å². The molecule has 6 rings (SSSR count). The third-order valence-corrected chi connectivity index (χ3v) is 9.72. The highest BCUT2D eigenvalue weighted by Gasteiger charge is 2.58. The standard InChI is InChI=1S/C37H37F3N6O5/c1-24-42-19-25(20-43-24)12-14-35(50-2)15-13-29(30(18-35)26-6-4-3-5-7-26)33(47)45-17-16-36(49,37(39,40)22-45)21-46-23-44-32(31(41)34(46)48)51-28-10-8-27(38)9-11-28/h3-11,19-20,23,29-30,49H,13,15-18,21-22,41H2,1-2H3/t29-,30+,35-,36+/m1/s1. The van der Waals surface area contributed by atoms with Crippen LogP contribution in [0.4, 0.5) is 18.9 Å². The Morgan fingerprint density at radius 2 is 1.78 bits per heavy atom. The van der Waals surface area contributed by atoms with E-state index < -0.39 is 71.4 Å². The quantitative estimate of drug-likeness (QED) is 0.267. The molecule has 4 atom stereocenters. The van der Waals surface area contributed by atoms with Gasteiger partial charge in [0.05, 0.1) is 18.7 Å². The minimum atomic E-state index is -3.80. The number of aliphatic hydroxyl groups is 1. The second kappa shape index (κ2) is 14.2. The van der Waals surface area contributed by atoms with Crippen molar-refractivity contribution in [2.45, 2.75) is 62.2 Å². The number of halogens is 3. The first-order valence-electron chi connectivity index (χ1n) is 16.4. The first kappa shape index (κ1) is 35.6. The van der Waals surface area contributed by atoms with Gasteiger partial charge in [-0.3, -0.25) is 14.2 Å². The number of hydrogen-bond donors (Lipinski definition) is 2. The molecule has 3 N–H and O–H groups in total. The van der Waals surface area contributed by atoms with Crippen LogP contribution >= 0.6 is 0 Å². The lowest BCUT2D eigenvalue weighted by atomic mass is 9.68. The van der Waals surface area contributed by atoms with Gasteiger partial charge >= 0.3 is 0 Å². The van der Waals surface area contributed by atoms with E-state index in [-0.39, 0.29) is 18.2 Å². The zero-order valence-electron chi connectivity index (χ0n) is 28.1. The first-order valence-corrected chi connectivity index (χ1v) is 16.4. The highest BCUT2D eigenvalue weighted by atomic mass is 19.3. The molecule has 14 heteroatoms. The van der Waals surface area contributed by atoms with Gasteiger partial charge in [0.25, 0.3) is 11.5 Å². The zero-order chi connectivity index (χ0) is 36.4. The van der Waals surface area contributed by atoms with Crippen LogP contribution in [-0.2, 0) is 16.1 Å². The monoisotopic (exact) mass is 702 g/mol. The fourth-order valence-electron chi connectivity index (χ4n) is 6.69. The molecule has 2 fully saturated rings. The number of nitrogens with zero attached hydrogens (tertiary/aromatic N) is 5. The molecule has 0 spiro atoms. The van der Waals surface area contributed by atoms with Crippen molar-refractivity contribution in [3.8, 4) is 23.5 Å². The van der Waals surface area contributed by atoms with Gasteiger partial charge in [0, 0.05) is 38.4 Å². The van der Waals surface area contributed by atoms with E-state index >= 15 is 8.78 Å². The topological polar surface area (TPSA) is 146 Å². The fourth-order valence-corrected chi connectivity index (χ4v) is 6.69. The molecule has 11 nitrogen and oxygen atoms in total. The van der Waals surface area contributed by atoms with Gasteiger partial charge in [-0.2, -0.15) is 0 Å². The van der Waals surface area contributed by atoms with Gasteiger partial charge in [-0.05, 0) is 61.9 Å². The molecular weight excluding hydrogens is 665 g/mol. The minimum absolute atomic E-state index is 0.153. The SMILES string of the molecule is CO[C@]1(C#Cc2cnc(C)nc2)CC[C@@H](C(=O)N2CC[C@](O)(Cn3cnc(Oc4ccc(F)cc4)c(N)c3=O)C(F)(F)C2)[C@H](c2ccccc2)C1. The number of carbonyl (C=O) groups excluding carboxylic acids is 1. The Labute approximate surface area is 292 Å². The van der Waals surface area contributed by atoms with Gasteiger partial charge in [-0.25, -0.2) is 28.1 Å². The third kappa shape index (κ3) is 7.45. The van der Waals surface area contributed by atoms with Gasteiger partial charge in [0.1, 0.15) is 34.9 Å². The van der Waals surface area contributed by atoms with E-state index in [2.05, 4.69) is 26.8 Å². The maximum atomic E-state index is 15.9. The van der Waals surface area contributed by atoms with Crippen LogP contribution in [0.3, 0.4) is 0 Å². The largest absolute Gasteiger partial charge is 0.437 e. The lowest BCUT2D eigenvalue weighted by molar-refractivity contribution is -0.223. The highest BCUT2D eigenvalue weighted by Crippen LogP contribution is 2.46. The van der Waals surface area contributed by atoms with E-state index in [9.17, 15) is 19.1 Å². The van der Waals surface area contributed by atoms with Crippen molar-refractivity contribution in [1.29, 1.82) is 0 Å². The number of amides is 1. The summed E-state index contributed by atoms with van der Waals surface area (Å²) in [6, 6.07) is 14.3. The number of aromatic nitrogens is 4. The normalized spacial score (nSPS) is 24.3. The van der Waals surface area contributed by atoms with Crippen LogP contribution in [0, 0.1) is 30.5 Å². The van der Waals surface area contributed by atoms with Gasteiger partial charge in [0.2, 0.25) is 11.8 Å². The molecular formula is C37H37F3N6O5. The number of nitrogen functional groups attached to an aromatic ring is 1. The van der Waals surface area contributed by atoms with Crippen molar-refractivity contribution in [2.24, 2.45) is 5.92 Å². The number of piperidine rings is 1. The lowest BCUT2D eigenvalue weighted by Gasteiger charge is -2.47. The Morgan fingerprint density at radius 1 is 1.08 bits per heavy atom. The molecule has 0 unspecified atom stereocenters. The molecule has 266 valence electrons. The molecule has 4 aromatic rings. The molecule has 2 aliphatic rings. The van der Waals surface area contributed by atoms with E-state index in [4.69, 9.17) is 15.2 Å². The fraction of sp³-hybridized carbons (Fsp3) is 0.378. The summed E-state index contributed by atoms with van der Waals surface area (Å²) >= 11 is 0. The molecule has 1 saturated heterocycles. The second-order valence-corrected chi connectivity index (χ2v) is 13.0. The summed E-state index contributed by atoms with van der Waals surface area (Å²) in [6.45, 7) is -0.272. The summed E-state index contributed by atoms with van der Waals surface area (Å²) in [5.74, 6) is 1.01. The molecule has 51 heavy (non-hydrogen) atoms. The minimum Gasteiger partial charge on any atom is -0.437 e. The number of hydrogen-bond acceptors (Lipinski definition) is 9. The average Bonchev–Trinajstić information content (AvgIpc) is 3.13. The Balaban J connectivity index is 1.19. The molecule has 1 amide bonds. The summed E-state index contributed by atoms with van der Waals surface area (Å²) < 4.78 is 57.3. The molecule has 3 heterocycles. The zero-order valence-corrected chi connectivity index (χ0v) is 28.1. The Kier molecular flexibility index (Phi) is 9.88. The Bertz CT molecular complexity index is 2000. The van der Waals surface area contributed by atoms with E-state index in [0.717, 1.165) is 33.5 Å². The number of carbonyl (C=O) groups is 1. The number of benzene rings is 2. The van der Waals surface area contributed by atoms with Crippen LogP contribution in [0.2, 0.25) is 0 Å². The Hall–Kier alpha value is -5.26. The number of methoxy groups -OCH3 is 1. The van der Waals surface area contributed by atoms with E-state index in [1.165, 1.54) is 12.1 Å². The first-order chi connectivity index (χ1) is 24.3. The highest BCUT2D eigenvalue weighted by molar-refractivity contribution is 5.80. The summed E-state index contributed by atoms with van der Waals surface area (Å²) in [6.07, 6.45) is 4.74. The van der Waals surface area contributed by atoms with Crippen molar-refractivity contribution >= 4 is 11.6 Å². The van der Waals surface area contributed by atoms with E-state index in [0.29, 0.717) is 30.7 Å². The number of anilines is 1. The smallest absolute Gasteiger partial charge is 0.295 e. The maximum Gasteiger partial charge on any atom is 0.295 e. The molecule has 2 aromatic carbocycles. The Morgan fingerprint density at radius 3 is 2.45 bits per heavy atom. The van der Waals surface area contributed by atoms with Crippen molar-refractivity contribution in [2.75, 3.05) is 25.9 Å². The molecule has 0 bridgehead atoms. The summed E-state index contributed by atoms with van der Waals surface area (Å²) in [4.78, 5) is 40.6. The summed E-state index contributed by atoms with van der Waals surface area (Å²) in [5, 5.41) is 11.3. The van der Waals surface area contributed by atoms with E-state index in [1.807, 2.05) is 30.3 Å². The van der Waals surface area contributed by atoms with Crippen molar-refractivity contribution in [1.82, 2.24) is 24.4 Å².